The first-order valence-corrected chi connectivity index (χ1v) is 9.59. The number of piperazine rings is 1. The lowest BCUT2D eigenvalue weighted by atomic mass is 10.1. The van der Waals surface area contributed by atoms with Crippen LogP contribution < -0.4 is 9.80 Å². The van der Waals surface area contributed by atoms with Crippen LogP contribution in [0.5, 0.6) is 0 Å². The fraction of sp³-hybridized carbons (Fsp3) is 0.600. The van der Waals surface area contributed by atoms with Gasteiger partial charge in [-0.2, -0.15) is 13.2 Å². The molecule has 0 bridgehead atoms. The summed E-state index contributed by atoms with van der Waals surface area (Å²) < 4.78 is 57.9. The molecule has 0 aromatic heterocycles. The summed E-state index contributed by atoms with van der Waals surface area (Å²) >= 11 is 0. The zero-order valence-electron chi connectivity index (χ0n) is 17.6. The van der Waals surface area contributed by atoms with Crippen molar-refractivity contribution in [2.24, 2.45) is 0 Å². The largest absolute Gasteiger partial charge is 0.471 e. The number of carbonyl (C=O) groups excluding carboxylic acids is 2. The molecule has 1 aliphatic heterocycles. The molecule has 6 nitrogen and oxygen atoms in total. The molecule has 0 spiro atoms. The van der Waals surface area contributed by atoms with E-state index in [2.05, 4.69) is 4.90 Å². The molecular weight excluding hydrogens is 406 g/mol. The van der Waals surface area contributed by atoms with Gasteiger partial charge in [-0.1, -0.05) is 0 Å². The van der Waals surface area contributed by atoms with Crippen LogP contribution in [0.25, 0.3) is 0 Å². The number of nitrogens with zero attached hydrogens (tertiary/aromatic N) is 3. The number of hydrogen-bond acceptors (Lipinski definition) is 5. The van der Waals surface area contributed by atoms with Gasteiger partial charge in [0.1, 0.15) is 12.3 Å². The highest BCUT2D eigenvalue weighted by Gasteiger charge is 2.44. The predicted molar refractivity (Wildman–Crippen MR) is 106 cm³/mol. The van der Waals surface area contributed by atoms with E-state index < -0.39 is 36.9 Å². The SMILES string of the molecule is CN1CCN(c2ccc(C(=O)OC(C)(C)C)c(N(CCF)C(=O)C(F)(F)F)c2)CC1. The fourth-order valence-electron chi connectivity index (χ4n) is 3.08. The molecule has 2 rings (SSSR count). The third-order valence-electron chi connectivity index (χ3n) is 4.56. The van der Waals surface area contributed by atoms with Gasteiger partial charge in [0.05, 0.1) is 17.8 Å². The Hall–Kier alpha value is -2.36. The summed E-state index contributed by atoms with van der Waals surface area (Å²) in [5.41, 5.74) is -0.901. The molecule has 10 heteroatoms. The molecule has 1 heterocycles. The van der Waals surface area contributed by atoms with Crippen LogP contribution in [0, 0.1) is 0 Å². The average Bonchev–Trinajstić information content (AvgIpc) is 2.63. The molecule has 0 aliphatic carbocycles. The van der Waals surface area contributed by atoms with Crippen LogP contribution in [0.2, 0.25) is 0 Å². The molecule has 0 atom stereocenters. The first-order chi connectivity index (χ1) is 13.8. The van der Waals surface area contributed by atoms with Gasteiger partial charge in [0, 0.05) is 31.9 Å². The van der Waals surface area contributed by atoms with Gasteiger partial charge in [-0.25, -0.2) is 9.18 Å². The molecule has 1 aromatic rings. The zero-order valence-corrected chi connectivity index (χ0v) is 17.6. The monoisotopic (exact) mass is 433 g/mol. The Balaban J connectivity index is 2.53. The highest BCUT2D eigenvalue weighted by molar-refractivity contribution is 6.05. The Bertz CT molecular complexity index is 770. The van der Waals surface area contributed by atoms with Gasteiger partial charge in [0.2, 0.25) is 0 Å². The van der Waals surface area contributed by atoms with Gasteiger partial charge < -0.3 is 19.4 Å². The maximum absolute atomic E-state index is 13.2. The maximum atomic E-state index is 13.2. The van der Waals surface area contributed by atoms with Crippen molar-refractivity contribution in [1.82, 2.24) is 4.90 Å². The van der Waals surface area contributed by atoms with Crippen molar-refractivity contribution in [2.75, 3.05) is 56.2 Å². The molecule has 1 amide bonds. The maximum Gasteiger partial charge on any atom is 0.471 e. The topological polar surface area (TPSA) is 53.1 Å². The van der Waals surface area contributed by atoms with Gasteiger partial charge in [-0.05, 0) is 46.0 Å². The zero-order chi connectivity index (χ0) is 22.7. The van der Waals surface area contributed by atoms with Crippen molar-refractivity contribution in [1.29, 1.82) is 0 Å². The smallest absolute Gasteiger partial charge is 0.456 e. The molecule has 1 saturated heterocycles. The molecule has 1 aromatic carbocycles. The molecule has 0 radical (unpaired) electrons. The molecule has 0 N–H and O–H groups in total. The van der Waals surface area contributed by atoms with E-state index in [1.165, 1.54) is 12.1 Å². The summed E-state index contributed by atoms with van der Waals surface area (Å²) in [6.45, 7) is 5.55. The van der Waals surface area contributed by atoms with Gasteiger partial charge in [0.25, 0.3) is 0 Å². The predicted octanol–water partition coefficient (Wildman–Crippen LogP) is 3.26. The van der Waals surface area contributed by atoms with Crippen molar-refractivity contribution < 1.29 is 31.9 Å². The number of likely N-dealkylation sites (N-methyl/N-ethyl adjacent to an activating group) is 1. The van der Waals surface area contributed by atoms with Crippen molar-refractivity contribution in [3.63, 3.8) is 0 Å². The number of ether oxygens (including phenoxy) is 1. The van der Waals surface area contributed by atoms with Crippen molar-refractivity contribution in [3.05, 3.63) is 23.8 Å². The van der Waals surface area contributed by atoms with Gasteiger partial charge in [0.15, 0.2) is 0 Å². The van der Waals surface area contributed by atoms with Crippen molar-refractivity contribution >= 4 is 23.3 Å². The molecule has 1 fully saturated rings. The van der Waals surface area contributed by atoms with Crippen molar-refractivity contribution in [2.45, 2.75) is 32.5 Å². The normalized spacial score (nSPS) is 15.8. The second-order valence-electron chi connectivity index (χ2n) is 8.14. The summed E-state index contributed by atoms with van der Waals surface area (Å²) in [6.07, 6.45) is -5.22. The number of rotatable bonds is 5. The standard InChI is InChI=1S/C20H27F4N3O3/c1-19(2,3)30-17(28)15-6-5-14(26-11-9-25(4)10-12-26)13-16(15)27(8-7-21)18(29)20(22,23)24/h5-6,13H,7-12H2,1-4H3. The minimum absolute atomic E-state index is 0.228. The summed E-state index contributed by atoms with van der Waals surface area (Å²) in [6, 6.07) is 4.25. The first kappa shape index (κ1) is 23.9. The summed E-state index contributed by atoms with van der Waals surface area (Å²) in [5.74, 6) is -3.12. The van der Waals surface area contributed by atoms with Crippen LogP contribution in [0.15, 0.2) is 18.2 Å². The first-order valence-electron chi connectivity index (χ1n) is 9.59. The van der Waals surface area contributed by atoms with E-state index in [9.17, 15) is 27.2 Å². The average molecular weight is 433 g/mol. The molecule has 0 saturated carbocycles. The fourth-order valence-corrected chi connectivity index (χ4v) is 3.08. The number of carbonyl (C=O) groups is 2. The van der Waals surface area contributed by atoms with E-state index >= 15 is 0 Å². The Morgan fingerprint density at radius 3 is 2.20 bits per heavy atom. The molecule has 1 aliphatic rings. The Labute approximate surface area is 173 Å². The van der Waals surface area contributed by atoms with Crippen LogP contribution in [-0.4, -0.2) is 75.0 Å². The van der Waals surface area contributed by atoms with Gasteiger partial charge in [-0.3, -0.25) is 4.79 Å². The van der Waals surface area contributed by atoms with E-state index in [1.807, 2.05) is 11.9 Å². The number of alkyl halides is 4. The Morgan fingerprint density at radius 1 is 1.10 bits per heavy atom. The van der Waals surface area contributed by atoms with Crippen LogP contribution in [0.1, 0.15) is 31.1 Å². The van der Waals surface area contributed by atoms with E-state index in [4.69, 9.17) is 4.74 Å². The lowest BCUT2D eigenvalue weighted by Gasteiger charge is -2.35. The number of esters is 1. The van der Waals surface area contributed by atoms with Crippen molar-refractivity contribution in [3.8, 4) is 0 Å². The summed E-state index contributed by atoms with van der Waals surface area (Å²) in [4.78, 5) is 29.0. The van der Waals surface area contributed by atoms with Crippen LogP contribution >= 0.6 is 0 Å². The van der Waals surface area contributed by atoms with E-state index in [-0.39, 0.29) is 16.2 Å². The quantitative estimate of drug-likeness (QED) is 0.527. The summed E-state index contributed by atoms with van der Waals surface area (Å²) in [7, 11) is 1.96. The number of benzene rings is 1. The van der Waals surface area contributed by atoms with Gasteiger partial charge >= 0.3 is 18.1 Å². The van der Waals surface area contributed by atoms with E-state index in [0.717, 1.165) is 13.1 Å². The highest BCUT2D eigenvalue weighted by atomic mass is 19.4. The minimum Gasteiger partial charge on any atom is -0.456 e. The number of hydrogen-bond donors (Lipinski definition) is 0. The second kappa shape index (κ2) is 9.20. The van der Waals surface area contributed by atoms with Crippen LogP contribution in [0.3, 0.4) is 0 Å². The van der Waals surface area contributed by atoms with Crippen LogP contribution in [0.4, 0.5) is 28.9 Å². The van der Waals surface area contributed by atoms with E-state index in [0.29, 0.717) is 18.8 Å². The second-order valence-corrected chi connectivity index (χ2v) is 8.14. The van der Waals surface area contributed by atoms with Gasteiger partial charge in [-0.15, -0.1) is 0 Å². The summed E-state index contributed by atoms with van der Waals surface area (Å²) in [5, 5.41) is 0. The molecule has 168 valence electrons. The number of anilines is 2. The number of amides is 1. The Kier molecular flexibility index (Phi) is 7.33. The lowest BCUT2D eigenvalue weighted by Crippen LogP contribution is -2.45. The third kappa shape index (κ3) is 6.07. The third-order valence-corrected chi connectivity index (χ3v) is 4.56. The highest BCUT2D eigenvalue weighted by Crippen LogP contribution is 2.32. The van der Waals surface area contributed by atoms with E-state index in [1.54, 1.807) is 26.8 Å². The lowest BCUT2D eigenvalue weighted by molar-refractivity contribution is -0.170. The number of halogens is 4. The minimum atomic E-state index is -5.22. The van der Waals surface area contributed by atoms with Crippen LogP contribution in [-0.2, 0) is 9.53 Å². The molecular formula is C20H27F4N3O3. The Morgan fingerprint density at radius 2 is 1.70 bits per heavy atom. The molecule has 0 unspecified atom stereocenters. The molecule has 30 heavy (non-hydrogen) atoms.